The van der Waals surface area contributed by atoms with Crippen LogP contribution in [-0.4, -0.2) is 29.1 Å². The molecule has 0 spiro atoms. The maximum absolute atomic E-state index is 13.1. The molecular formula is C21H23N3O3. The van der Waals surface area contributed by atoms with Gasteiger partial charge >= 0.3 is 5.97 Å². The van der Waals surface area contributed by atoms with Crippen LogP contribution in [0, 0.1) is 12.3 Å². The zero-order chi connectivity index (χ0) is 19.3. The third kappa shape index (κ3) is 2.85. The zero-order valence-electron chi connectivity index (χ0n) is 16.0. The van der Waals surface area contributed by atoms with Gasteiger partial charge in [-0.2, -0.15) is 5.10 Å². The third-order valence-electron chi connectivity index (χ3n) is 5.43. The summed E-state index contributed by atoms with van der Waals surface area (Å²) >= 11 is 0. The van der Waals surface area contributed by atoms with Gasteiger partial charge in [-0.25, -0.2) is 4.79 Å². The highest BCUT2D eigenvalue weighted by atomic mass is 16.5. The van der Waals surface area contributed by atoms with E-state index in [4.69, 9.17) is 4.74 Å². The number of ketones is 1. The number of benzene rings is 1. The average Bonchev–Trinajstić information content (AvgIpc) is 2.99. The zero-order valence-corrected chi connectivity index (χ0v) is 16.0. The Balaban J connectivity index is 1.85. The monoisotopic (exact) mass is 365 g/mol. The molecule has 0 amide bonds. The second-order valence-electron chi connectivity index (χ2n) is 8.12. The number of rotatable bonds is 2. The Labute approximate surface area is 158 Å². The number of hydrogen-bond donors (Lipinski definition) is 2. The first-order chi connectivity index (χ1) is 12.8. The number of anilines is 1. The van der Waals surface area contributed by atoms with Crippen LogP contribution in [0.2, 0.25) is 0 Å². The first kappa shape index (κ1) is 17.5. The van der Waals surface area contributed by atoms with Gasteiger partial charge in [0.1, 0.15) is 0 Å². The van der Waals surface area contributed by atoms with Crippen LogP contribution in [0.15, 0.2) is 35.5 Å². The first-order valence-electron chi connectivity index (χ1n) is 9.07. The lowest BCUT2D eigenvalue weighted by molar-refractivity contribution is -0.118. The van der Waals surface area contributed by atoms with Crippen molar-refractivity contribution in [2.75, 3.05) is 12.4 Å². The van der Waals surface area contributed by atoms with Gasteiger partial charge in [-0.15, -0.1) is 0 Å². The molecule has 1 aliphatic carbocycles. The van der Waals surface area contributed by atoms with Crippen LogP contribution in [-0.2, 0) is 9.53 Å². The van der Waals surface area contributed by atoms with Gasteiger partial charge in [0.25, 0.3) is 0 Å². The summed E-state index contributed by atoms with van der Waals surface area (Å²) in [5.74, 6) is 0.383. The van der Waals surface area contributed by atoms with Crippen LogP contribution in [0.3, 0.4) is 0 Å². The van der Waals surface area contributed by atoms with Crippen LogP contribution in [0.4, 0.5) is 5.82 Å². The number of nitrogens with one attached hydrogen (secondary N) is 2. The number of allylic oxidation sites excluding steroid dienone is 2. The largest absolute Gasteiger partial charge is 0.465 e. The van der Waals surface area contributed by atoms with Crippen molar-refractivity contribution in [3.8, 4) is 0 Å². The molecule has 140 valence electrons. The highest BCUT2D eigenvalue weighted by Gasteiger charge is 2.42. The van der Waals surface area contributed by atoms with Crippen LogP contribution in [0.5, 0.6) is 0 Å². The number of aromatic amines is 1. The smallest absolute Gasteiger partial charge is 0.337 e. The Morgan fingerprint density at radius 1 is 1.22 bits per heavy atom. The number of nitrogens with zero attached hydrogens (tertiary/aromatic N) is 1. The van der Waals surface area contributed by atoms with Gasteiger partial charge in [0.15, 0.2) is 11.6 Å². The summed E-state index contributed by atoms with van der Waals surface area (Å²) < 4.78 is 4.78. The van der Waals surface area contributed by atoms with E-state index in [1.54, 1.807) is 12.1 Å². The molecule has 0 saturated carbocycles. The summed E-state index contributed by atoms with van der Waals surface area (Å²) in [6, 6.07) is 7.29. The Kier molecular flexibility index (Phi) is 3.94. The van der Waals surface area contributed by atoms with Gasteiger partial charge < -0.3 is 10.1 Å². The quantitative estimate of drug-likeness (QED) is 0.793. The normalized spacial score (nSPS) is 20.6. The van der Waals surface area contributed by atoms with E-state index < -0.39 is 0 Å². The molecule has 0 bridgehead atoms. The molecule has 6 heteroatoms. The van der Waals surface area contributed by atoms with E-state index in [1.165, 1.54) is 7.11 Å². The number of fused-ring (bicyclic) bond motifs is 1. The number of ether oxygens (including phenoxy) is 1. The van der Waals surface area contributed by atoms with Gasteiger partial charge in [0, 0.05) is 34.9 Å². The Morgan fingerprint density at radius 2 is 1.93 bits per heavy atom. The number of aryl methyl sites for hydroxylation is 1. The highest BCUT2D eigenvalue weighted by Crippen LogP contribution is 2.49. The number of H-pyrrole nitrogens is 1. The van der Waals surface area contributed by atoms with Gasteiger partial charge in [-0.05, 0) is 36.5 Å². The summed E-state index contributed by atoms with van der Waals surface area (Å²) in [5, 5.41) is 10.8. The molecule has 2 aliphatic rings. The molecule has 6 nitrogen and oxygen atoms in total. The van der Waals surface area contributed by atoms with Gasteiger partial charge in [-0.1, -0.05) is 26.0 Å². The SMILES string of the molecule is COC(=O)c1ccc(C2C3=C(CC(C)(C)CC3=O)Nc3n[nH]c(C)c32)cc1. The van der Waals surface area contributed by atoms with E-state index in [1.807, 2.05) is 19.1 Å². The third-order valence-corrected chi connectivity index (χ3v) is 5.43. The van der Waals surface area contributed by atoms with Crippen molar-refractivity contribution in [2.45, 2.75) is 39.5 Å². The molecule has 2 heterocycles. The Morgan fingerprint density at radius 3 is 2.59 bits per heavy atom. The second kappa shape index (κ2) is 6.08. The minimum absolute atomic E-state index is 0.0783. The fourth-order valence-corrected chi connectivity index (χ4v) is 4.22. The van der Waals surface area contributed by atoms with Gasteiger partial charge in [0.05, 0.1) is 12.7 Å². The fraction of sp³-hybridized carbons (Fsp3) is 0.381. The van der Waals surface area contributed by atoms with E-state index in [-0.39, 0.29) is 23.1 Å². The molecule has 27 heavy (non-hydrogen) atoms. The summed E-state index contributed by atoms with van der Waals surface area (Å²) in [7, 11) is 1.36. The van der Waals surface area contributed by atoms with Crippen LogP contribution < -0.4 is 5.32 Å². The van der Waals surface area contributed by atoms with Crippen molar-refractivity contribution in [1.29, 1.82) is 0 Å². The van der Waals surface area contributed by atoms with Crippen molar-refractivity contribution >= 4 is 17.6 Å². The van der Waals surface area contributed by atoms with Crippen molar-refractivity contribution < 1.29 is 14.3 Å². The summed E-state index contributed by atoms with van der Waals surface area (Å²) in [5.41, 5.74) is 5.08. The van der Waals surface area contributed by atoms with E-state index >= 15 is 0 Å². The highest BCUT2D eigenvalue weighted by molar-refractivity contribution is 6.01. The lowest BCUT2D eigenvalue weighted by atomic mass is 9.69. The number of aromatic nitrogens is 2. The van der Waals surface area contributed by atoms with Crippen molar-refractivity contribution in [3.05, 3.63) is 57.9 Å². The van der Waals surface area contributed by atoms with Crippen LogP contribution in [0.1, 0.15) is 59.8 Å². The van der Waals surface area contributed by atoms with Gasteiger partial charge in [0.2, 0.25) is 0 Å². The Hall–Kier alpha value is -2.89. The molecule has 1 unspecified atom stereocenters. The molecule has 4 rings (SSSR count). The van der Waals surface area contributed by atoms with Crippen LogP contribution >= 0.6 is 0 Å². The predicted octanol–water partition coefficient (Wildman–Crippen LogP) is 3.71. The number of carbonyl (C=O) groups excluding carboxylic acids is 2. The van der Waals surface area contributed by atoms with Gasteiger partial charge in [-0.3, -0.25) is 9.89 Å². The molecule has 1 aromatic carbocycles. The fourth-order valence-electron chi connectivity index (χ4n) is 4.22. The lowest BCUT2D eigenvalue weighted by Crippen LogP contribution is -2.33. The molecule has 0 radical (unpaired) electrons. The average molecular weight is 365 g/mol. The van der Waals surface area contributed by atoms with E-state index in [9.17, 15) is 9.59 Å². The van der Waals surface area contributed by atoms with E-state index in [0.29, 0.717) is 12.0 Å². The van der Waals surface area contributed by atoms with E-state index in [0.717, 1.165) is 40.3 Å². The van der Waals surface area contributed by atoms with E-state index in [2.05, 4.69) is 29.4 Å². The van der Waals surface area contributed by atoms with Crippen molar-refractivity contribution in [1.82, 2.24) is 10.2 Å². The topological polar surface area (TPSA) is 84.1 Å². The number of methoxy groups -OCH3 is 1. The molecule has 1 aromatic heterocycles. The molecule has 0 fully saturated rings. The minimum atomic E-state index is -0.373. The lowest BCUT2D eigenvalue weighted by Gasteiger charge is -2.38. The first-order valence-corrected chi connectivity index (χ1v) is 9.07. The standard InChI is InChI=1S/C21H23N3O3/c1-11-16-17(12-5-7-13(8-6-12)20(26)27-4)18-14(22-19(16)24-23-11)9-21(2,3)10-15(18)25/h5-8,17H,9-10H2,1-4H3,(H2,22,23,24). The molecule has 1 aliphatic heterocycles. The second-order valence-corrected chi connectivity index (χ2v) is 8.12. The van der Waals surface area contributed by atoms with Crippen molar-refractivity contribution in [3.63, 3.8) is 0 Å². The van der Waals surface area contributed by atoms with Crippen molar-refractivity contribution in [2.24, 2.45) is 5.41 Å². The number of hydrogen-bond acceptors (Lipinski definition) is 5. The Bertz CT molecular complexity index is 967. The maximum Gasteiger partial charge on any atom is 0.337 e. The molecule has 2 N–H and O–H groups in total. The molecule has 2 aromatic rings. The molecule has 1 atom stereocenters. The predicted molar refractivity (Wildman–Crippen MR) is 102 cm³/mol. The van der Waals surface area contributed by atoms with Crippen LogP contribution in [0.25, 0.3) is 0 Å². The summed E-state index contributed by atoms with van der Waals surface area (Å²) in [6.45, 7) is 6.19. The number of Topliss-reactive ketones (excluding diaryl/α,β-unsaturated/α-hetero) is 1. The molecule has 0 saturated heterocycles. The maximum atomic E-state index is 13.1. The minimum Gasteiger partial charge on any atom is -0.465 e. The number of esters is 1. The summed E-state index contributed by atoms with van der Waals surface area (Å²) in [6.07, 6.45) is 1.33. The number of carbonyl (C=O) groups is 2. The molecular weight excluding hydrogens is 342 g/mol. The summed E-state index contributed by atoms with van der Waals surface area (Å²) in [4.78, 5) is 24.8.